The lowest BCUT2D eigenvalue weighted by atomic mass is 10.2. The Morgan fingerprint density at radius 2 is 2.00 bits per heavy atom. The fourth-order valence-electron chi connectivity index (χ4n) is 2.68. The highest BCUT2D eigenvalue weighted by molar-refractivity contribution is 5.70. The van der Waals surface area contributed by atoms with E-state index in [2.05, 4.69) is 39.9 Å². The zero-order valence-corrected chi connectivity index (χ0v) is 11.5. The lowest BCUT2D eigenvalue weighted by Gasteiger charge is -2.32. The molecule has 0 bridgehead atoms. The van der Waals surface area contributed by atoms with Crippen LogP contribution in [-0.2, 0) is 6.54 Å². The van der Waals surface area contributed by atoms with Gasteiger partial charge < -0.3 is 10.6 Å². The second-order valence-electron chi connectivity index (χ2n) is 5.30. The lowest BCUT2D eigenvalue weighted by molar-refractivity contribution is 0.146. The Morgan fingerprint density at radius 3 is 2.74 bits per heavy atom. The van der Waals surface area contributed by atoms with Crippen LogP contribution in [-0.4, -0.2) is 57.6 Å². The van der Waals surface area contributed by atoms with Crippen molar-refractivity contribution in [3.63, 3.8) is 0 Å². The van der Waals surface area contributed by atoms with E-state index < -0.39 is 0 Å². The molecule has 0 atom stereocenters. The van der Waals surface area contributed by atoms with Crippen molar-refractivity contribution in [2.75, 3.05) is 39.0 Å². The van der Waals surface area contributed by atoms with Crippen LogP contribution in [0.4, 0.5) is 5.82 Å². The van der Waals surface area contributed by atoms with Crippen LogP contribution < -0.4 is 5.73 Å². The fourth-order valence-corrected chi connectivity index (χ4v) is 2.68. The van der Waals surface area contributed by atoms with E-state index in [9.17, 15) is 0 Å². The van der Waals surface area contributed by atoms with Gasteiger partial charge in [-0.3, -0.25) is 4.90 Å². The monoisotopic (exact) mass is 260 g/mol. The van der Waals surface area contributed by atoms with Crippen LogP contribution in [0.3, 0.4) is 0 Å². The summed E-state index contributed by atoms with van der Waals surface area (Å²) in [5, 5.41) is 4.33. The van der Waals surface area contributed by atoms with Gasteiger partial charge in [-0.05, 0) is 25.6 Å². The van der Waals surface area contributed by atoms with Gasteiger partial charge in [0.2, 0.25) is 0 Å². The number of aromatic nitrogens is 3. The second-order valence-corrected chi connectivity index (χ2v) is 5.30. The molecule has 2 aromatic heterocycles. The maximum Gasteiger partial charge on any atom is 0.151 e. The minimum Gasteiger partial charge on any atom is -0.382 e. The molecule has 0 unspecified atom stereocenters. The van der Waals surface area contributed by atoms with Gasteiger partial charge in [0.25, 0.3) is 0 Å². The number of hydrogen-bond donors (Lipinski definition) is 1. The summed E-state index contributed by atoms with van der Waals surface area (Å²) in [7, 11) is 2.17. The molecule has 0 aromatic carbocycles. The zero-order valence-electron chi connectivity index (χ0n) is 11.5. The first kappa shape index (κ1) is 12.4. The van der Waals surface area contributed by atoms with Crippen molar-refractivity contribution in [1.29, 1.82) is 0 Å². The number of piperazine rings is 1. The highest BCUT2D eigenvalue weighted by Gasteiger charge is 2.17. The molecule has 1 aliphatic heterocycles. The normalized spacial score (nSPS) is 18.2. The van der Waals surface area contributed by atoms with Crippen LogP contribution in [0.25, 0.3) is 5.52 Å². The van der Waals surface area contributed by atoms with E-state index in [0.29, 0.717) is 5.82 Å². The van der Waals surface area contributed by atoms with Gasteiger partial charge >= 0.3 is 0 Å². The first-order valence-corrected chi connectivity index (χ1v) is 6.64. The molecule has 0 radical (unpaired) electrons. The Hall–Kier alpha value is -1.66. The predicted octanol–water partition coefficient (Wildman–Crippen LogP) is 0.367. The van der Waals surface area contributed by atoms with E-state index in [0.717, 1.165) is 43.8 Å². The molecular weight excluding hydrogens is 240 g/mol. The molecular formula is C13H20N6. The van der Waals surface area contributed by atoms with Crippen molar-refractivity contribution < 1.29 is 0 Å². The number of anilines is 1. The summed E-state index contributed by atoms with van der Waals surface area (Å²) in [4.78, 5) is 8.88. The molecule has 1 saturated heterocycles. The number of fused-ring (bicyclic) bond motifs is 1. The van der Waals surface area contributed by atoms with E-state index >= 15 is 0 Å². The zero-order chi connectivity index (χ0) is 13.4. The smallest absolute Gasteiger partial charge is 0.151 e. The molecule has 6 nitrogen and oxygen atoms in total. The average Bonchev–Trinajstić information content (AvgIpc) is 2.70. The Labute approximate surface area is 112 Å². The summed E-state index contributed by atoms with van der Waals surface area (Å²) in [5.74, 6) is 0.553. The van der Waals surface area contributed by atoms with Crippen molar-refractivity contribution >= 4 is 11.3 Å². The predicted molar refractivity (Wildman–Crippen MR) is 74.9 cm³/mol. The van der Waals surface area contributed by atoms with Crippen molar-refractivity contribution in [2.24, 2.45) is 0 Å². The molecule has 1 aliphatic rings. The number of nitrogens with two attached hydrogens (primary N) is 1. The standard InChI is InChI=1S/C13H20N6/c1-10-7-11(8-18-5-3-17(2)4-6-18)19-12(10)13(14)15-9-16-19/h7,9H,3-6,8H2,1-2H3,(H2,14,15,16). The third-order valence-corrected chi connectivity index (χ3v) is 3.83. The first-order chi connectivity index (χ1) is 9.15. The molecule has 0 saturated carbocycles. The summed E-state index contributed by atoms with van der Waals surface area (Å²) in [5.41, 5.74) is 9.19. The minimum absolute atomic E-state index is 0.553. The average molecular weight is 260 g/mol. The largest absolute Gasteiger partial charge is 0.382 e. The maximum atomic E-state index is 5.93. The lowest BCUT2D eigenvalue weighted by Crippen LogP contribution is -2.44. The van der Waals surface area contributed by atoms with Crippen LogP contribution >= 0.6 is 0 Å². The molecule has 6 heteroatoms. The van der Waals surface area contributed by atoms with Crippen molar-refractivity contribution in [2.45, 2.75) is 13.5 Å². The molecule has 2 N–H and O–H groups in total. The molecule has 0 spiro atoms. The summed E-state index contributed by atoms with van der Waals surface area (Å²) in [6.07, 6.45) is 1.52. The van der Waals surface area contributed by atoms with Gasteiger partial charge in [-0.1, -0.05) is 0 Å². The molecule has 0 amide bonds. The molecule has 102 valence electrons. The molecule has 3 heterocycles. The van der Waals surface area contributed by atoms with Gasteiger partial charge in [-0.15, -0.1) is 0 Å². The van der Waals surface area contributed by atoms with Gasteiger partial charge in [-0.2, -0.15) is 5.10 Å². The quantitative estimate of drug-likeness (QED) is 0.845. The minimum atomic E-state index is 0.553. The van der Waals surface area contributed by atoms with Gasteiger partial charge in [0.05, 0.1) is 5.69 Å². The molecule has 2 aromatic rings. The summed E-state index contributed by atoms with van der Waals surface area (Å²) in [6.45, 7) is 7.42. The molecule has 0 aliphatic carbocycles. The first-order valence-electron chi connectivity index (χ1n) is 6.64. The fraction of sp³-hybridized carbons (Fsp3) is 0.538. The third kappa shape index (κ3) is 2.29. The van der Waals surface area contributed by atoms with Crippen LogP contribution in [0.5, 0.6) is 0 Å². The Balaban J connectivity index is 1.87. The Kier molecular flexibility index (Phi) is 3.12. The van der Waals surface area contributed by atoms with E-state index in [1.165, 1.54) is 12.0 Å². The van der Waals surface area contributed by atoms with Gasteiger partial charge in [0.15, 0.2) is 5.82 Å². The van der Waals surface area contributed by atoms with Crippen molar-refractivity contribution in [1.82, 2.24) is 24.4 Å². The highest BCUT2D eigenvalue weighted by Crippen LogP contribution is 2.20. The summed E-state index contributed by atoms with van der Waals surface area (Å²) in [6, 6.07) is 2.17. The number of aryl methyl sites for hydroxylation is 1. The SMILES string of the molecule is Cc1cc(CN2CCN(C)CC2)n2ncnc(N)c12. The van der Waals surface area contributed by atoms with Gasteiger partial charge in [0.1, 0.15) is 11.8 Å². The van der Waals surface area contributed by atoms with Crippen molar-refractivity contribution in [3.05, 3.63) is 23.7 Å². The molecule has 19 heavy (non-hydrogen) atoms. The Morgan fingerprint density at radius 1 is 1.26 bits per heavy atom. The number of rotatable bonds is 2. The maximum absolute atomic E-state index is 5.93. The third-order valence-electron chi connectivity index (χ3n) is 3.83. The Bertz CT molecular complexity index is 582. The molecule has 1 fully saturated rings. The van der Waals surface area contributed by atoms with E-state index in [-0.39, 0.29) is 0 Å². The number of hydrogen-bond acceptors (Lipinski definition) is 5. The highest BCUT2D eigenvalue weighted by atomic mass is 15.3. The van der Waals surface area contributed by atoms with Gasteiger partial charge in [0, 0.05) is 32.7 Å². The van der Waals surface area contributed by atoms with E-state index in [4.69, 9.17) is 5.73 Å². The van der Waals surface area contributed by atoms with Crippen LogP contribution in [0.2, 0.25) is 0 Å². The van der Waals surface area contributed by atoms with E-state index in [1.54, 1.807) is 0 Å². The van der Waals surface area contributed by atoms with E-state index in [1.807, 2.05) is 4.52 Å². The van der Waals surface area contributed by atoms with Gasteiger partial charge in [-0.25, -0.2) is 9.50 Å². The van der Waals surface area contributed by atoms with Crippen LogP contribution in [0, 0.1) is 6.92 Å². The van der Waals surface area contributed by atoms with Crippen LogP contribution in [0.15, 0.2) is 12.4 Å². The second kappa shape index (κ2) is 4.79. The summed E-state index contributed by atoms with van der Waals surface area (Å²) >= 11 is 0. The number of nitrogens with zero attached hydrogens (tertiary/aromatic N) is 5. The molecule has 3 rings (SSSR count). The van der Waals surface area contributed by atoms with Crippen molar-refractivity contribution in [3.8, 4) is 0 Å². The number of likely N-dealkylation sites (N-methyl/N-ethyl adjacent to an activating group) is 1. The summed E-state index contributed by atoms with van der Waals surface area (Å²) < 4.78 is 1.93. The number of nitrogen functional groups attached to an aromatic ring is 1. The topological polar surface area (TPSA) is 62.7 Å². The van der Waals surface area contributed by atoms with Crippen LogP contribution in [0.1, 0.15) is 11.3 Å².